The fraction of sp³-hybridized carbons (Fsp3) is 0.448. The Labute approximate surface area is 232 Å². The molecule has 3 aliphatic heterocycles. The molecule has 3 saturated heterocycles. The third-order valence-electron chi connectivity index (χ3n) is 7.78. The van der Waals surface area contributed by atoms with Crippen LogP contribution in [0.3, 0.4) is 0 Å². The number of carbonyl (C=O) groups is 4. The lowest BCUT2D eigenvalue weighted by Crippen LogP contribution is -2.56. The number of nitrogens with zero attached hydrogens (tertiary/aromatic N) is 2. The van der Waals surface area contributed by atoms with Crippen molar-refractivity contribution in [1.82, 2.24) is 20.4 Å². The summed E-state index contributed by atoms with van der Waals surface area (Å²) >= 11 is 6.04. The van der Waals surface area contributed by atoms with Crippen LogP contribution >= 0.6 is 11.6 Å². The Bertz CT molecular complexity index is 1220. The van der Waals surface area contributed by atoms with Gasteiger partial charge < -0.3 is 25.5 Å². The molecule has 2 aromatic carbocycles. The lowest BCUT2D eigenvalue weighted by atomic mass is 10.0. The largest absolute Gasteiger partial charge is 0.391 e. The van der Waals surface area contributed by atoms with Gasteiger partial charge in [-0.1, -0.05) is 54.1 Å². The zero-order valence-electron chi connectivity index (χ0n) is 21.6. The summed E-state index contributed by atoms with van der Waals surface area (Å²) in [5, 5.41) is 16.9. The average molecular weight is 553 g/mol. The highest BCUT2D eigenvalue weighted by molar-refractivity contribution is 6.30. The molecule has 0 aliphatic carbocycles. The summed E-state index contributed by atoms with van der Waals surface area (Å²) in [6.45, 7) is 0.393. The molecule has 5 rings (SSSR count). The van der Waals surface area contributed by atoms with Crippen molar-refractivity contribution in [2.75, 3.05) is 13.1 Å². The summed E-state index contributed by atoms with van der Waals surface area (Å²) in [4.78, 5) is 57.3. The Morgan fingerprint density at radius 2 is 1.56 bits per heavy atom. The van der Waals surface area contributed by atoms with Crippen molar-refractivity contribution < 1.29 is 24.3 Å². The summed E-state index contributed by atoms with van der Waals surface area (Å²) < 4.78 is 0. The van der Waals surface area contributed by atoms with Gasteiger partial charge in [-0.25, -0.2) is 0 Å². The van der Waals surface area contributed by atoms with Crippen LogP contribution in [0.15, 0.2) is 54.6 Å². The van der Waals surface area contributed by atoms with Crippen LogP contribution in [-0.4, -0.2) is 81.9 Å². The monoisotopic (exact) mass is 552 g/mol. The van der Waals surface area contributed by atoms with Crippen LogP contribution in [0.25, 0.3) is 0 Å². The molecular formula is C29H33ClN4O5. The Hall–Kier alpha value is -3.43. The fourth-order valence-corrected chi connectivity index (χ4v) is 6.02. The van der Waals surface area contributed by atoms with Gasteiger partial charge in [-0.2, -0.15) is 0 Å². The van der Waals surface area contributed by atoms with Gasteiger partial charge in [-0.05, 0) is 42.5 Å². The van der Waals surface area contributed by atoms with Gasteiger partial charge in [0.2, 0.25) is 23.6 Å². The predicted octanol–water partition coefficient (Wildman–Crippen LogP) is 1.45. The minimum atomic E-state index is -0.956. The van der Waals surface area contributed by atoms with Gasteiger partial charge in [0, 0.05) is 43.4 Å². The number of carbonyl (C=O) groups excluding carboxylic acids is 4. The molecule has 0 radical (unpaired) electrons. The molecule has 3 fully saturated rings. The lowest BCUT2D eigenvalue weighted by Gasteiger charge is -2.32. The smallest absolute Gasteiger partial charge is 0.246 e. The quantitative estimate of drug-likeness (QED) is 0.530. The Kier molecular flexibility index (Phi) is 8.18. The van der Waals surface area contributed by atoms with Crippen molar-refractivity contribution in [3.05, 3.63) is 70.7 Å². The molecule has 10 heteroatoms. The molecule has 9 nitrogen and oxygen atoms in total. The molecule has 206 valence electrons. The first kappa shape index (κ1) is 27.1. The van der Waals surface area contributed by atoms with Crippen molar-refractivity contribution in [1.29, 1.82) is 0 Å². The molecule has 0 saturated carbocycles. The number of hydrogen-bond donors (Lipinski definition) is 3. The number of aliphatic hydroxyl groups is 1. The van der Waals surface area contributed by atoms with Crippen LogP contribution in [0.4, 0.5) is 0 Å². The Morgan fingerprint density at radius 3 is 2.31 bits per heavy atom. The number of benzene rings is 2. The van der Waals surface area contributed by atoms with Crippen LogP contribution in [0.2, 0.25) is 5.02 Å². The Balaban J connectivity index is 1.48. The van der Waals surface area contributed by atoms with Crippen LogP contribution in [0.1, 0.15) is 36.8 Å². The number of rotatable bonds is 4. The minimum absolute atomic E-state index is 0.0104. The number of fused-ring (bicyclic) bond motifs is 2. The summed E-state index contributed by atoms with van der Waals surface area (Å²) in [6.07, 6.45) is 0.980. The third-order valence-corrected chi connectivity index (χ3v) is 8.03. The van der Waals surface area contributed by atoms with Crippen molar-refractivity contribution >= 4 is 35.2 Å². The van der Waals surface area contributed by atoms with Crippen LogP contribution in [-0.2, 0) is 32.0 Å². The van der Waals surface area contributed by atoms with E-state index in [-0.39, 0.29) is 43.5 Å². The zero-order chi connectivity index (χ0) is 27.5. The highest BCUT2D eigenvalue weighted by Crippen LogP contribution is 2.27. The van der Waals surface area contributed by atoms with E-state index in [1.165, 1.54) is 4.90 Å². The van der Waals surface area contributed by atoms with Gasteiger partial charge in [0.1, 0.15) is 18.1 Å². The standard InChI is InChI=1S/C29H33ClN4O5/c30-20-10-8-19(9-11-20)14-23-28(38)34-17-22(35)16-25(34)29(39)33-12-4-7-24(33)27(37)31-21(15-26(36)32-23)13-18-5-2-1-3-6-18/h1-3,5-6,8-11,21-25,35H,4,7,12-17H2,(H,31,37)(H,32,36)/t21-,22+,23-,24-,25-/m0/s1. The fourth-order valence-electron chi connectivity index (χ4n) is 5.89. The molecule has 0 bridgehead atoms. The van der Waals surface area contributed by atoms with E-state index in [9.17, 15) is 24.3 Å². The molecule has 39 heavy (non-hydrogen) atoms. The second-order valence-electron chi connectivity index (χ2n) is 10.6. The normalized spacial score (nSPS) is 28.1. The number of hydrogen-bond acceptors (Lipinski definition) is 5. The molecular weight excluding hydrogens is 520 g/mol. The van der Waals surface area contributed by atoms with Crippen molar-refractivity contribution in [3.8, 4) is 0 Å². The number of aliphatic hydroxyl groups excluding tert-OH is 1. The second kappa shape index (κ2) is 11.8. The van der Waals surface area contributed by atoms with E-state index < -0.39 is 36.2 Å². The first-order chi connectivity index (χ1) is 18.8. The lowest BCUT2D eigenvalue weighted by molar-refractivity contribution is -0.147. The zero-order valence-corrected chi connectivity index (χ0v) is 22.3. The summed E-state index contributed by atoms with van der Waals surface area (Å²) in [7, 11) is 0. The highest BCUT2D eigenvalue weighted by Gasteiger charge is 2.46. The second-order valence-corrected chi connectivity index (χ2v) is 11.1. The van der Waals surface area contributed by atoms with Gasteiger partial charge in [0.15, 0.2) is 0 Å². The van der Waals surface area contributed by atoms with E-state index in [2.05, 4.69) is 10.6 Å². The first-order valence-corrected chi connectivity index (χ1v) is 13.8. The topological polar surface area (TPSA) is 119 Å². The number of amides is 4. The molecule has 0 aromatic heterocycles. The van der Waals surface area contributed by atoms with E-state index in [1.807, 2.05) is 30.3 Å². The van der Waals surface area contributed by atoms with Gasteiger partial charge in [0.25, 0.3) is 0 Å². The summed E-state index contributed by atoms with van der Waals surface area (Å²) in [6, 6.07) is 13.5. The van der Waals surface area contributed by atoms with E-state index in [0.29, 0.717) is 30.8 Å². The highest BCUT2D eigenvalue weighted by atomic mass is 35.5. The molecule has 3 aliphatic rings. The maximum absolute atomic E-state index is 13.9. The summed E-state index contributed by atoms with van der Waals surface area (Å²) in [5.74, 6) is -1.45. The van der Waals surface area contributed by atoms with Crippen molar-refractivity contribution in [2.45, 2.75) is 68.8 Å². The Morgan fingerprint density at radius 1 is 0.846 bits per heavy atom. The molecule has 3 N–H and O–H groups in total. The first-order valence-electron chi connectivity index (χ1n) is 13.5. The maximum Gasteiger partial charge on any atom is 0.246 e. The SMILES string of the molecule is O=C1C[C@H](Cc2ccccc2)NC(=O)[C@@H]2CCCN2C(=O)[C@@H]2C[C@@H](O)CN2C(=O)[C@H](Cc2ccc(Cl)cc2)N1. The molecule has 0 unspecified atom stereocenters. The van der Waals surface area contributed by atoms with Crippen molar-refractivity contribution in [2.24, 2.45) is 0 Å². The maximum atomic E-state index is 13.9. The number of halogens is 1. The van der Waals surface area contributed by atoms with Gasteiger partial charge in [0.05, 0.1) is 6.10 Å². The molecule has 3 heterocycles. The van der Waals surface area contributed by atoms with Crippen LogP contribution in [0.5, 0.6) is 0 Å². The van der Waals surface area contributed by atoms with E-state index in [0.717, 1.165) is 11.1 Å². The van der Waals surface area contributed by atoms with E-state index >= 15 is 0 Å². The molecule has 2 aromatic rings. The van der Waals surface area contributed by atoms with Gasteiger partial charge in [-0.3, -0.25) is 19.2 Å². The number of nitrogens with one attached hydrogen (secondary N) is 2. The molecule has 0 spiro atoms. The average Bonchev–Trinajstić information content (AvgIpc) is 3.56. The van der Waals surface area contributed by atoms with Crippen molar-refractivity contribution in [3.63, 3.8) is 0 Å². The summed E-state index contributed by atoms with van der Waals surface area (Å²) in [5.41, 5.74) is 1.75. The molecule has 4 amide bonds. The van der Waals surface area contributed by atoms with Crippen LogP contribution in [0, 0.1) is 0 Å². The van der Waals surface area contributed by atoms with E-state index in [1.54, 1.807) is 29.2 Å². The van der Waals surface area contributed by atoms with E-state index in [4.69, 9.17) is 11.6 Å². The predicted molar refractivity (Wildman–Crippen MR) is 145 cm³/mol. The van der Waals surface area contributed by atoms with Crippen LogP contribution < -0.4 is 10.6 Å². The third kappa shape index (κ3) is 6.25. The van der Waals surface area contributed by atoms with Gasteiger partial charge >= 0.3 is 0 Å². The van der Waals surface area contributed by atoms with Gasteiger partial charge in [-0.15, -0.1) is 0 Å². The molecule has 5 atom stereocenters. The minimum Gasteiger partial charge on any atom is -0.391 e.